The lowest BCUT2D eigenvalue weighted by Gasteiger charge is -2.18. The number of nitrogens with zero attached hydrogens (tertiary/aromatic N) is 4. The van der Waals surface area contributed by atoms with Crippen LogP contribution in [-0.2, 0) is 0 Å². The lowest BCUT2D eigenvalue weighted by Crippen LogP contribution is -2.42. The molecule has 0 saturated heterocycles. The van der Waals surface area contributed by atoms with E-state index in [4.69, 9.17) is 66.4 Å². The Kier molecular flexibility index (Phi) is 7.96. The summed E-state index contributed by atoms with van der Waals surface area (Å²) in [7, 11) is 41.4. The Balaban J connectivity index is 1.27. The summed E-state index contributed by atoms with van der Waals surface area (Å²) in [6, 6.07) is 43.9. The number of hydrogen-bond donors (Lipinski definition) is 0. The van der Waals surface area contributed by atoms with Gasteiger partial charge in [0.2, 0.25) is 0 Å². The molecule has 12 radical (unpaired) electrons. The highest BCUT2D eigenvalue weighted by molar-refractivity contribution is 6.65. The zero-order valence-electron chi connectivity index (χ0n) is 29.9. The van der Waals surface area contributed by atoms with Crippen molar-refractivity contribution in [1.29, 1.82) is 0 Å². The largest absolute Gasteiger partial charge is 0.455 e. The van der Waals surface area contributed by atoms with Crippen LogP contribution in [0.4, 0.5) is 0 Å². The summed E-state index contributed by atoms with van der Waals surface area (Å²) in [5.41, 5.74) is 8.05. The van der Waals surface area contributed by atoms with E-state index in [1.165, 1.54) is 0 Å². The van der Waals surface area contributed by atoms with Crippen LogP contribution >= 0.6 is 0 Å². The number of para-hydroxylation sites is 1. The molecule has 0 aliphatic heterocycles. The Morgan fingerprint density at radius 3 is 1.55 bits per heavy atom. The van der Waals surface area contributed by atoms with Crippen LogP contribution in [0.3, 0.4) is 0 Å². The Morgan fingerprint density at radius 2 is 0.911 bits per heavy atom. The Morgan fingerprint density at radius 1 is 0.393 bits per heavy atom. The molecule has 0 aliphatic carbocycles. The molecule has 0 N–H and O–H groups in total. The molecule has 0 aliphatic rings. The molecular formula is C45H22B6N4O. The maximum Gasteiger partial charge on any atom is 0.164 e. The molecule has 10 rings (SSSR count). The van der Waals surface area contributed by atoms with Gasteiger partial charge in [0.1, 0.15) is 52.7 Å². The molecular weight excluding hydrogens is 677 g/mol. The lowest BCUT2D eigenvalue weighted by molar-refractivity contribution is 0.670. The summed E-state index contributed by atoms with van der Waals surface area (Å²) in [6.07, 6.45) is 0. The van der Waals surface area contributed by atoms with Gasteiger partial charge in [0, 0.05) is 38.2 Å². The molecule has 3 aromatic heterocycles. The van der Waals surface area contributed by atoms with Gasteiger partial charge in [-0.2, -0.15) is 0 Å². The normalized spacial score (nSPS) is 11.6. The molecule has 7 aromatic carbocycles. The first-order valence-electron chi connectivity index (χ1n) is 18.0. The minimum atomic E-state index is 0.156. The Bertz CT molecular complexity index is 3140. The minimum absolute atomic E-state index is 0.156. The summed E-state index contributed by atoms with van der Waals surface area (Å²) in [5, 5.41) is 2.89. The fourth-order valence-corrected chi connectivity index (χ4v) is 7.77. The van der Waals surface area contributed by atoms with Gasteiger partial charge in [-0.05, 0) is 34.8 Å². The summed E-state index contributed by atoms with van der Waals surface area (Å²) in [4.78, 5) is 14.6. The van der Waals surface area contributed by atoms with Crippen LogP contribution in [0.2, 0.25) is 0 Å². The van der Waals surface area contributed by atoms with Gasteiger partial charge in [0.25, 0.3) is 0 Å². The van der Waals surface area contributed by atoms with Crippen LogP contribution in [0.15, 0.2) is 138 Å². The fourth-order valence-electron chi connectivity index (χ4n) is 7.77. The third-order valence-corrected chi connectivity index (χ3v) is 10.5. The maximum atomic E-state index is 7.07. The van der Waals surface area contributed by atoms with E-state index in [1.54, 1.807) is 0 Å². The molecule has 0 saturated carbocycles. The molecule has 11 heteroatoms. The number of fused-ring (bicyclic) bond motifs is 6. The van der Waals surface area contributed by atoms with Crippen LogP contribution in [-0.4, -0.2) is 66.6 Å². The molecule has 10 aromatic rings. The first kappa shape index (κ1) is 34.1. The second kappa shape index (κ2) is 13.1. The summed E-state index contributed by atoms with van der Waals surface area (Å²) >= 11 is 0. The molecule has 0 unspecified atom stereocenters. The number of aromatic nitrogens is 4. The van der Waals surface area contributed by atoms with E-state index < -0.39 is 0 Å². The van der Waals surface area contributed by atoms with E-state index in [-0.39, 0.29) is 44.2 Å². The predicted octanol–water partition coefficient (Wildman–Crippen LogP) is 4.30. The van der Waals surface area contributed by atoms with E-state index in [2.05, 4.69) is 41.0 Å². The van der Waals surface area contributed by atoms with E-state index in [0.717, 1.165) is 44.1 Å². The van der Waals surface area contributed by atoms with Gasteiger partial charge >= 0.3 is 0 Å². The van der Waals surface area contributed by atoms with Crippen molar-refractivity contribution in [1.82, 2.24) is 19.5 Å². The molecule has 0 bridgehead atoms. The molecule has 246 valence electrons. The maximum absolute atomic E-state index is 7.07. The third-order valence-electron chi connectivity index (χ3n) is 10.5. The first-order chi connectivity index (χ1) is 27.3. The summed E-state index contributed by atoms with van der Waals surface area (Å²) < 4.78 is 8.86. The lowest BCUT2D eigenvalue weighted by atomic mass is 9.67. The average molecular weight is 700 g/mol. The van der Waals surface area contributed by atoms with Gasteiger partial charge in [-0.3, -0.25) is 0 Å². The second-order valence-electron chi connectivity index (χ2n) is 13.7. The zero-order valence-corrected chi connectivity index (χ0v) is 29.9. The minimum Gasteiger partial charge on any atom is -0.455 e. The van der Waals surface area contributed by atoms with Crippen LogP contribution < -0.4 is 32.8 Å². The van der Waals surface area contributed by atoms with Crippen molar-refractivity contribution in [2.45, 2.75) is 0 Å². The number of hydrogen-bond acceptors (Lipinski definition) is 4. The second-order valence-corrected chi connectivity index (χ2v) is 13.7. The van der Waals surface area contributed by atoms with E-state index >= 15 is 0 Å². The molecule has 3 heterocycles. The molecule has 5 nitrogen and oxygen atoms in total. The van der Waals surface area contributed by atoms with Gasteiger partial charge in [-0.15, -0.1) is 5.46 Å². The smallest absolute Gasteiger partial charge is 0.164 e. The van der Waals surface area contributed by atoms with Crippen molar-refractivity contribution >= 4 is 124 Å². The topological polar surface area (TPSA) is 56.7 Å². The number of rotatable bonds is 5. The Hall–Kier alpha value is -6.46. The van der Waals surface area contributed by atoms with Crippen LogP contribution in [0.25, 0.3) is 94.7 Å². The van der Waals surface area contributed by atoms with Gasteiger partial charge < -0.3 is 8.98 Å². The molecule has 0 spiro atoms. The van der Waals surface area contributed by atoms with Gasteiger partial charge in [-0.1, -0.05) is 137 Å². The monoisotopic (exact) mass is 700 g/mol. The highest BCUT2D eigenvalue weighted by atomic mass is 16.3. The van der Waals surface area contributed by atoms with Gasteiger partial charge in [-0.25, -0.2) is 15.0 Å². The third kappa shape index (κ3) is 5.14. The van der Waals surface area contributed by atoms with Crippen molar-refractivity contribution in [3.63, 3.8) is 0 Å². The van der Waals surface area contributed by atoms with Crippen LogP contribution in [0.5, 0.6) is 0 Å². The number of furan rings is 1. The van der Waals surface area contributed by atoms with Gasteiger partial charge in [0.15, 0.2) is 23.1 Å². The summed E-state index contributed by atoms with van der Waals surface area (Å²) in [6.45, 7) is 0. The van der Waals surface area contributed by atoms with Crippen molar-refractivity contribution in [3.8, 4) is 51.0 Å². The Labute approximate surface area is 330 Å². The average Bonchev–Trinajstić information content (AvgIpc) is 3.80. The first-order valence-corrected chi connectivity index (χ1v) is 18.0. The van der Waals surface area contributed by atoms with Crippen LogP contribution in [0.1, 0.15) is 0 Å². The SMILES string of the molecule is [B]c1c([B])c([B])c2c(oc3c([B])c(-c4nc(-c5ccccc5)nc(-c5ccccc5)n4)c([B])c([B])c32)c1-n1c2ccccc2c2cc(-c3ccccc3)ccc21. The van der Waals surface area contributed by atoms with E-state index in [9.17, 15) is 0 Å². The highest BCUT2D eigenvalue weighted by Gasteiger charge is 2.26. The van der Waals surface area contributed by atoms with Crippen LogP contribution in [0, 0.1) is 0 Å². The van der Waals surface area contributed by atoms with Crippen molar-refractivity contribution < 1.29 is 4.42 Å². The quantitative estimate of drug-likeness (QED) is 0.252. The predicted molar refractivity (Wildman–Crippen MR) is 236 cm³/mol. The molecule has 0 fully saturated rings. The molecule has 0 amide bonds. The number of benzene rings is 7. The highest BCUT2D eigenvalue weighted by Crippen LogP contribution is 2.38. The van der Waals surface area contributed by atoms with Crippen molar-refractivity contribution in [3.05, 3.63) is 133 Å². The zero-order chi connectivity index (χ0) is 38.2. The van der Waals surface area contributed by atoms with E-state index in [0.29, 0.717) is 39.3 Å². The van der Waals surface area contributed by atoms with Crippen molar-refractivity contribution in [2.24, 2.45) is 0 Å². The molecule has 0 atom stereocenters. The molecule has 56 heavy (non-hydrogen) atoms. The van der Waals surface area contributed by atoms with Crippen molar-refractivity contribution in [2.75, 3.05) is 0 Å². The fraction of sp³-hybridized carbons (Fsp3) is 0. The van der Waals surface area contributed by atoms with Gasteiger partial charge in [0.05, 0.1) is 16.7 Å². The standard InChI is InChI=1S/C45H22B6N4O/c46-34-31-32-35(47)38(50)39(51)40(55-29-19-11-10-18-27(29)28-22-26(20-21-30(28)55)23-12-4-1-5-13-23)42(32)56-41(31)37(49)33(36(34)48)45-53-43(24-14-6-2-7-15-24)52-44(54-45)25-16-8-3-9-17-25/h1-22H. The van der Waals surface area contributed by atoms with E-state index in [1.807, 2.05) is 97.1 Å². The summed E-state index contributed by atoms with van der Waals surface area (Å²) in [5.74, 6) is 1.10.